The van der Waals surface area contributed by atoms with Crippen LogP contribution in [-0.4, -0.2) is 56.0 Å². The minimum atomic E-state index is -3.19. The van der Waals surface area contributed by atoms with Crippen LogP contribution < -0.4 is 0 Å². The molecule has 0 unspecified atom stereocenters. The first-order valence-electron chi connectivity index (χ1n) is 8.40. The number of nitrogens with zero attached hydrogens (tertiary/aromatic N) is 2. The normalized spacial score (nSPS) is 17.0. The number of hydrogen-bond donors (Lipinski definition) is 0. The molecular weight excluding hydrogens is 324 g/mol. The van der Waals surface area contributed by atoms with E-state index in [0.717, 1.165) is 5.56 Å². The average molecular weight is 353 g/mol. The average Bonchev–Trinajstić information content (AvgIpc) is 2.75. The molecule has 0 saturated carbocycles. The van der Waals surface area contributed by atoms with Crippen LogP contribution in [0.25, 0.3) is 0 Å². The van der Waals surface area contributed by atoms with Gasteiger partial charge in [-0.05, 0) is 61.9 Å². The maximum atomic E-state index is 12.8. The van der Waals surface area contributed by atoms with Gasteiger partial charge in [-0.2, -0.15) is 0 Å². The summed E-state index contributed by atoms with van der Waals surface area (Å²) in [6.45, 7) is 10.2. The van der Waals surface area contributed by atoms with E-state index in [1.165, 1.54) is 32.8 Å². The van der Waals surface area contributed by atoms with E-state index in [1.807, 2.05) is 4.90 Å². The standard InChI is InChI=1S/C18H28N2O3S/c1-13-11-14(2)16(4)17(15(13)3)12-18(21)19-7-6-8-20(10-9-19)24(5,22)23/h11H,6-10,12H2,1-5H3. The molecule has 0 spiro atoms. The van der Waals surface area contributed by atoms with E-state index in [4.69, 9.17) is 0 Å². The fourth-order valence-electron chi connectivity index (χ4n) is 3.30. The zero-order valence-corrected chi connectivity index (χ0v) is 16.2. The summed E-state index contributed by atoms with van der Waals surface area (Å²) in [6, 6.07) is 2.16. The van der Waals surface area contributed by atoms with Gasteiger partial charge in [0.2, 0.25) is 15.9 Å². The lowest BCUT2D eigenvalue weighted by molar-refractivity contribution is -0.130. The van der Waals surface area contributed by atoms with E-state index in [9.17, 15) is 13.2 Å². The highest BCUT2D eigenvalue weighted by Gasteiger charge is 2.24. The van der Waals surface area contributed by atoms with Crippen LogP contribution in [0.15, 0.2) is 6.07 Å². The van der Waals surface area contributed by atoms with Gasteiger partial charge in [-0.1, -0.05) is 6.07 Å². The fraction of sp³-hybridized carbons (Fsp3) is 0.611. The molecule has 0 aromatic heterocycles. The van der Waals surface area contributed by atoms with Crippen LogP contribution in [0.1, 0.15) is 34.2 Å². The number of rotatable bonds is 3. The summed E-state index contributed by atoms with van der Waals surface area (Å²) >= 11 is 0. The molecule has 1 aliphatic rings. The van der Waals surface area contributed by atoms with E-state index in [1.54, 1.807) is 0 Å². The third-order valence-corrected chi connectivity index (χ3v) is 6.43. The molecule has 1 amide bonds. The SMILES string of the molecule is Cc1cc(C)c(C)c(CC(=O)N2CCCN(S(C)(=O)=O)CC2)c1C. The van der Waals surface area contributed by atoms with E-state index < -0.39 is 10.0 Å². The van der Waals surface area contributed by atoms with E-state index in [-0.39, 0.29) is 5.91 Å². The van der Waals surface area contributed by atoms with Crippen molar-refractivity contribution in [1.29, 1.82) is 0 Å². The molecule has 1 heterocycles. The molecular formula is C18H28N2O3S. The lowest BCUT2D eigenvalue weighted by Gasteiger charge is -2.23. The highest BCUT2D eigenvalue weighted by molar-refractivity contribution is 7.88. The van der Waals surface area contributed by atoms with Crippen molar-refractivity contribution in [3.63, 3.8) is 0 Å². The minimum absolute atomic E-state index is 0.0848. The molecule has 1 saturated heterocycles. The Morgan fingerprint density at radius 2 is 1.58 bits per heavy atom. The van der Waals surface area contributed by atoms with Crippen LogP contribution in [-0.2, 0) is 21.2 Å². The van der Waals surface area contributed by atoms with Gasteiger partial charge in [0.05, 0.1) is 12.7 Å². The van der Waals surface area contributed by atoms with Crippen molar-refractivity contribution in [3.8, 4) is 0 Å². The maximum absolute atomic E-state index is 12.8. The van der Waals surface area contributed by atoms with Gasteiger partial charge in [-0.25, -0.2) is 12.7 Å². The van der Waals surface area contributed by atoms with Gasteiger partial charge in [-0.3, -0.25) is 4.79 Å². The number of hydrogen-bond acceptors (Lipinski definition) is 3. The lowest BCUT2D eigenvalue weighted by atomic mass is 9.92. The molecule has 0 N–H and O–H groups in total. The molecule has 5 nitrogen and oxygen atoms in total. The molecule has 0 bridgehead atoms. The molecule has 134 valence electrons. The molecule has 6 heteroatoms. The van der Waals surface area contributed by atoms with Crippen molar-refractivity contribution >= 4 is 15.9 Å². The van der Waals surface area contributed by atoms with Gasteiger partial charge in [0, 0.05) is 26.2 Å². The van der Waals surface area contributed by atoms with Gasteiger partial charge in [0.15, 0.2) is 0 Å². The molecule has 1 aliphatic heterocycles. The van der Waals surface area contributed by atoms with Gasteiger partial charge in [0.25, 0.3) is 0 Å². The molecule has 1 fully saturated rings. The van der Waals surface area contributed by atoms with Crippen molar-refractivity contribution in [2.24, 2.45) is 0 Å². The predicted octanol–water partition coefficient (Wildman–Crippen LogP) is 1.96. The third-order valence-electron chi connectivity index (χ3n) is 5.13. The number of amides is 1. The van der Waals surface area contributed by atoms with Crippen molar-refractivity contribution in [2.75, 3.05) is 32.4 Å². The zero-order valence-electron chi connectivity index (χ0n) is 15.3. The smallest absolute Gasteiger partial charge is 0.227 e. The van der Waals surface area contributed by atoms with E-state index in [0.29, 0.717) is 39.0 Å². The topological polar surface area (TPSA) is 57.7 Å². The van der Waals surface area contributed by atoms with E-state index >= 15 is 0 Å². The quantitative estimate of drug-likeness (QED) is 0.835. The van der Waals surface area contributed by atoms with Gasteiger partial charge >= 0.3 is 0 Å². The third kappa shape index (κ3) is 4.16. The molecule has 1 aromatic rings. The lowest BCUT2D eigenvalue weighted by Crippen LogP contribution is -2.37. The second kappa shape index (κ2) is 7.23. The molecule has 0 radical (unpaired) electrons. The molecule has 0 atom stereocenters. The number of benzene rings is 1. The monoisotopic (exact) mass is 352 g/mol. The summed E-state index contributed by atoms with van der Waals surface area (Å²) in [6.07, 6.45) is 2.30. The highest BCUT2D eigenvalue weighted by atomic mass is 32.2. The number of carbonyl (C=O) groups is 1. The Hall–Kier alpha value is -1.40. The van der Waals surface area contributed by atoms with Crippen LogP contribution >= 0.6 is 0 Å². The first-order valence-corrected chi connectivity index (χ1v) is 10.2. The summed E-state index contributed by atoms with van der Waals surface area (Å²) < 4.78 is 24.9. The minimum Gasteiger partial charge on any atom is -0.341 e. The Kier molecular flexibility index (Phi) is 5.71. The summed E-state index contributed by atoms with van der Waals surface area (Å²) in [7, 11) is -3.19. The predicted molar refractivity (Wildman–Crippen MR) is 96.7 cm³/mol. The Bertz CT molecular complexity index is 715. The molecule has 24 heavy (non-hydrogen) atoms. The number of aryl methyl sites for hydroxylation is 2. The van der Waals surface area contributed by atoms with Crippen LogP contribution in [0.3, 0.4) is 0 Å². The molecule has 0 aliphatic carbocycles. The van der Waals surface area contributed by atoms with Gasteiger partial charge < -0.3 is 4.90 Å². The molecule has 2 rings (SSSR count). The Morgan fingerprint density at radius 1 is 1.00 bits per heavy atom. The van der Waals surface area contributed by atoms with Gasteiger partial charge in [-0.15, -0.1) is 0 Å². The van der Waals surface area contributed by atoms with E-state index in [2.05, 4.69) is 33.8 Å². The van der Waals surface area contributed by atoms with Crippen molar-refractivity contribution in [2.45, 2.75) is 40.5 Å². The maximum Gasteiger partial charge on any atom is 0.227 e. The second-order valence-electron chi connectivity index (χ2n) is 6.81. The zero-order chi connectivity index (χ0) is 18.1. The molecule has 1 aromatic carbocycles. The highest BCUT2D eigenvalue weighted by Crippen LogP contribution is 2.23. The van der Waals surface area contributed by atoms with Crippen LogP contribution in [0.4, 0.5) is 0 Å². The first kappa shape index (κ1) is 18.9. The Labute approximate surface area is 145 Å². The Balaban J connectivity index is 2.14. The summed E-state index contributed by atoms with van der Waals surface area (Å²) in [5.74, 6) is 0.0848. The second-order valence-corrected chi connectivity index (χ2v) is 8.79. The van der Waals surface area contributed by atoms with Crippen molar-refractivity contribution in [1.82, 2.24) is 9.21 Å². The fourth-order valence-corrected chi connectivity index (χ4v) is 4.18. The van der Waals surface area contributed by atoms with Crippen LogP contribution in [0.2, 0.25) is 0 Å². The Morgan fingerprint density at radius 3 is 2.12 bits per heavy atom. The summed E-state index contributed by atoms with van der Waals surface area (Å²) in [5.41, 5.74) is 5.89. The van der Waals surface area contributed by atoms with Crippen molar-refractivity contribution < 1.29 is 13.2 Å². The summed E-state index contributed by atoms with van der Waals surface area (Å²) in [5, 5.41) is 0. The van der Waals surface area contributed by atoms with Crippen LogP contribution in [0.5, 0.6) is 0 Å². The summed E-state index contributed by atoms with van der Waals surface area (Å²) in [4.78, 5) is 14.6. The van der Waals surface area contributed by atoms with Gasteiger partial charge in [0.1, 0.15) is 0 Å². The first-order chi connectivity index (χ1) is 11.1. The number of sulfonamides is 1. The van der Waals surface area contributed by atoms with Crippen molar-refractivity contribution in [3.05, 3.63) is 33.9 Å². The number of carbonyl (C=O) groups excluding carboxylic acids is 1. The largest absolute Gasteiger partial charge is 0.341 e. The van der Waals surface area contributed by atoms with Crippen LogP contribution in [0, 0.1) is 27.7 Å².